The smallest absolute Gasteiger partial charge is 0.209 e. The minimum Gasteiger partial charge on any atom is -0.366 e. The van der Waals surface area contributed by atoms with Gasteiger partial charge in [-0.1, -0.05) is 18.5 Å². The zero-order chi connectivity index (χ0) is 20.3. The summed E-state index contributed by atoms with van der Waals surface area (Å²) in [5.41, 5.74) is 4.74. The summed E-state index contributed by atoms with van der Waals surface area (Å²) in [6.07, 6.45) is 1.74. The quantitative estimate of drug-likeness (QED) is 0.419. The van der Waals surface area contributed by atoms with Crippen LogP contribution < -0.4 is 10.6 Å². The van der Waals surface area contributed by atoms with E-state index >= 15 is 0 Å². The number of aryl methyl sites for hydroxylation is 1. The average molecular weight is 413 g/mol. The molecule has 0 radical (unpaired) electrons. The Labute approximate surface area is 174 Å². The van der Waals surface area contributed by atoms with Crippen LogP contribution in [0.5, 0.6) is 0 Å². The first-order valence-corrected chi connectivity index (χ1v) is 9.62. The molecule has 2 heterocycles. The minimum absolute atomic E-state index is 0.00997. The standard InChI is InChI=1S/C21H21ClN4OS/c1-12-10-18(26-19(12)20(27)14-4-6-15(22)7-5-14)13(2)17-9-8-16(11-24-17)25-21(28)23-3/h4-11,13,26H,1-3H3,(H2,23,25,28). The van der Waals surface area contributed by atoms with Gasteiger partial charge in [-0.25, -0.2) is 0 Å². The van der Waals surface area contributed by atoms with Gasteiger partial charge in [0.05, 0.1) is 17.6 Å². The molecule has 1 aromatic carbocycles. The largest absolute Gasteiger partial charge is 0.366 e. The Kier molecular flexibility index (Phi) is 6.11. The number of halogens is 1. The zero-order valence-electron chi connectivity index (χ0n) is 15.8. The topological polar surface area (TPSA) is 69.8 Å². The molecule has 1 unspecified atom stereocenters. The van der Waals surface area contributed by atoms with Crippen molar-refractivity contribution in [1.82, 2.24) is 15.3 Å². The van der Waals surface area contributed by atoms with Crippen molar-refractivity contribution in [3.63, 3.8) is 0 Å². The molecule has 7 heteroatoms. The Hall–Kier alpha value is -2.70. The monoisotopic (exact) mass is 412 g/mol. The van der Waals surface area contributed by atoms with Crippen LogP contribution in [-0.4, -0.2) is 27.9 Å². The van der Waals surface area contributed by atoms with Crippen molar-refractivity contribution in [2.24, 2.45) is 0 Å². The number of hydrogen-bond donors (Lipinski definition) is 3. The highest BCUT2D eigenvalue weighted by Gasteiger charge is 2.19. The fourth-order valence-corrected chi connectivity index (χ4v) is 3.13. The van der Waals surface area contributed by atoms with Crippen LogP contribution in [0.15, 0.2) is 48.7 Å². The first kappa shape index (κ1) is 20.0. The third-order valence-electron chi connectivity index (χ3n) is 4.55. The SMILES string of the molecule is CNC(=S)Nc1ccc(C(C)c2cc(C)c(C(=O)c3ccc(Cl)cc3)[nH]2)nc1. The molecule has 0 amide bonds. The summed E-state index contributed by atoms with van der Waals surface area (Å²) in [6.45, 7) is 3.98. The Morgan fingerprint density at radius 1 is 1.21 bits per heavy atom. The Morgan fingerprint density at radius 3 is 2.54 bits per heavy atom. The van der Waals surface area contributed by atoms with E-state index in [2.05, 4.69) is 27.5 Å². The highest BCUT2D eigenvalue weighted by atomic mass is 35.5. The van der Waals surface area contributed by atoms with E-state index in [1.165, 1.54) is 0 Å². The number of benzene rings is 1. The van der Waals surface area contributed by atoms with Crippen molar-refractivity contribution in [2.75, 3.05) is 12.4 Å². The summed E-state index contributed by atoms with van der Waals surface area (Å²) < 4.78 is 0. The predicted octanol–water partition coefficient (Wildman–Crippen LogP) is 4.67. The molecule has 3 aromatic rings. The summed E-state index contributed by atoms with van der Waals surface area (Å²) in [4.78, 5) is 20.6. The summed E-state index contributed by atoms with van der Waals surface area (Å²) in [7, 11) is 1.76. The van der Waals surface area contributed by atoms with Gasteiger partial charge in [-0.15, -0.1) is 0 Å². The maximum atomic E-state index is 12.8. The second kappa shape index (κ2) is 8.54. The fourth-order valence-electron chi connectivity index (χ4n) is 2.89. The normalized spacial score (nSPS) is 11.7. The molecule has 2 aromatic heterocycles. The lowest BCUT2D eigenvalue weighted by Gasteiger charge is -2.11. The number of H-pyrrole nitrogens is 1. The molecule has 5 nitrogen and oxygen atoms in total. The molecule has 144 valence electrons. The highest BCUT2D eigenvalue weighted by molar-refractivity contribution is 7.80. The number of carbonyl (C=O) groups is 1. The van der Waals surface area contributed by atoms with Gasteiger partial charge < -0.3 is 15.6 Å². The average Bonchev–Trinajstić information content (AvgIpc) is 3.09. The number of hydrogen-bond acceptors (Lipinski definition) is 3. The van der Waals surface area contributed by atoms with Gasteiger partial charge in [0, 0.05) is 34.9 Å². The van der Waals surface area contributed by atoms with Crippen LogP contribution >= 0.6 is 23.8 Å². The Morgan fingerprint density at radius 2 is 1.93 bits per heavy atom. The lowest BCUT2D eigenvalue weighted by atomic mass is 10.0. The second-order valence-electron chi connectivity index (χ2n) is 6.52. The fraction of sp³-hybridized carbons (Fsp3) is 0.190. The molecule has 0 saturated carbocycles. The van der Waals surface area contributed by atoms with Crippen molar-refractivity contribution >= 4 is 40.4 Å². The number of aromatic nitrogens is 2. The number of thiocarbonyl (C=S) groups is 1. The Balaban J connectivity index is 1.80. The number of aromatic amines is 1. The summed E-state index contributed by atoms with van der Waals surface area (Å²) in [5.74, 6) is -0.0449. The van der Waals surface area contributed by atoms with E-state index in [-0.39, 0.29) is 11.7 Å². The molecule has 0 aliphatic carbocycles. The molecule has 0 fully saturated rings. The number of rotatable bonds is 5. The van der Waals surface area contributed by atoms with Crippen LogP contribution in [0.3, 0.4) is 0 Å². The van der Waals surface area contributed by atoms with Crippen LogP contribution in [-0.2, 0) is 0 Å². The van der Waals surface area contributed by atoms with Crippen LogP contribution in [0.4, 0.5) is 5.69 Å². The van der Waals surface area contributed by atoms with Gasteiger partial charge in [-0.2, -0.15) is 0 Å². The van der Waals surface area contributed by atoms with Crippen molar-refractivity contribution in [2.45, 2.75) is 19.8 Å². The number of ketones is 1. The summed E-state index contributed by atoms with van der Waals surface area (Å²) >= 11 is 11.0. The summed E-state index contributed by atoms with van der Waals surface area (Å²) in [6, 6.07) is 12.8. The van der Waals surface area contributed by atoms with E-state index in [0.29, 0.717) is 21.4 Å². The van der Waals surface area contributed by atoms with E-state index in [0.717, 1.165) is 22.6 Å². The van der Waals surface area contributed by atoms with Crippen LogP contribution in [0.1, 0.15) is 45.8 Å². The Bertz CT molecular complexity index is 996. The van der Waals surface area contributed by atoms with Gasteiger partial charge in [0.1, 0.15) is 0 Å². The zero-order valence-corrected chi connectivity index (χ0v) is 17.4. The number of anilines is 1. The molecule has 0 spiro atoms. The van der Waals surface area contributed by atoms with Gasteiger partial charge in [0.2, 0.25) is 5.78 Å². The van der Waals surface area contributed by atoms with Crippen molar-refractivity contribution in [3.8, 4) is 0 Å². The number of pyridine rings is 1. The molecule has 3 N–H and O–H groups in total. The van der Waals surface area contributed by atoms with E-state index in [9.17, 15) is 4.79 Å². The van der Waals surface area contributed by atoms with Gasteiger partial charge in [0.15, 0.2) is 5.11 Å². The summed E-state index contributed by atoms with van der Waals surface area (Å²) in [5, 5.41) is 7.05. The molecule has 0 aliphatic rings. The van der Waals surface area contributed by atoms with Gasteiger partial charge in [0.25, 0.3) is 0 Å². The van der Waals surface area contributed by atoms with Crippen molar-refractivity contribution in [3.05, 3.63) is 81.9 Å². The lowest BCUT2D eigenvalue weighted by molar-refractivity contribution is 0.103. The predicted molar refractivity (Wildman–Crippen MR) is 117 cm³/mol. The van der Waals surface area contributed by atoms with Crippen LogP contribution in [0, 0.1) is 6.92 Å². The van der Waals surface area contributed by atoms with Crippen LogP contribution in [0.2, 0.25) is 5.02 Å². The molecule has 28 heavy (non-hydrogen) atoms. The lowest BCUT2D eigenvalue weighted by Crippen LogP contribution is -2.24. The van der Waals surface area contributed by atoms with E-state index < -0.39 is 0 Å². The van der Waals surface area contributed by atoms with E-state index in [1.54, 1.807) is 37.5 Å². The molecule has 0 saturated heterocycles. The third-order valence-corrected chi connectivity index (χ3v) is 5.11. The van der Waals surface area contributed by atoms with Gasteiger partial charge >= 0.3 is 0 Å². The third kappa shape index (κ3) is 4.40. The number of carbonyl (C=O) groups excluding carboxylic acids is 1. The van der Waals surface area contributed by atoms with Crippen LogP contribution in [0.25, 0.3) is 0 Å². The number of nitrogens with one attached hydrogen (secondary N) is 3. The molecule has 0 aliphatic heterocycles. The number of nitrogens with zero attached hydrogens (tertiary/aromatic N) is 1. The first-order valence-electron chi connectivity index (χ1n) is 8.83. The molecular weight excluding hydrogens is 392 g/mol. The van der Waals surface area contributed by atoms with E-state index in [1.807, 2.05) is 25.1 Å². The molecular formula is C21H21ClN4OS. The second-order valence-corrected chi connectivity index (χ2v) is 7.36. The first-order chi connectivity index (χ1) is 13.4. The van der Waals surface area contributed by atoms with Gasteiger partial charge in [-0.05, 0) is 67.2 Å². The molecule has 0 bridgehead atoms. The van der Waals surface area contributed by atoms with Gasteiger partial charge in [-0.3, -0.25) is 9.78 Å². The molecule has 3 rings (SSSR count). The highest BCUT2D eigenvalue weighted by Crippen LogP contribution is 2.26. The van der Waals surface area contributed by atoms with Crippen molar-refractivity contribution < 1.29 is 4.79 Å². The minimum atomic E-state index is -0.0549. The molecule has 1 atom stereocenters. The van der Waals surface area contributed by atoms with Crippen molar-refractivity contribution in [1.29, 1.82) is 0 Å². The maximum Gasteiger partial charge on any atom is 0.209 e. The maximum absolute atomic E-state index is 12.8. The van der Waals surface area contributed by atoms with E-state index in [4.69, 9.17) is 23.8 Å².